The van der Waals surface area contributed by atoms with Crippen molar-refractivity contribution in [3.8, 4) is 5.75 Å². The number of hydrazine groups is 1. The number of hydrogen-bond acceptors (Lipinski definition) is 3. The molecule has 2 atom stereocenters. The van der Waals surface area contributed by atoms with Gasteiger partial charge >= 0.3 is 0 Å². The molecule has 1 aromatic rings. The fourth-order valence-electron chi connectivity index (χ4n) is 1.83. The third-order valence-corrected chi connectivity index (χ3v) is 3.10. The number of methoxy groups -OCH3 is 1. The summed E-state index contributed by atoms with van der Waals surface area (Å²) < 4.78 is 18.5. The molecule has 0 fully saturated rings. The van der Waals surface area contributed by atoms with E-state index in [0.717, 1.165) is 18.4 Å². The SMILES string of the molecule is CCC(C)CC(NN)c1cc(F)ccc1OC. The van der Waals surface area contributed by atoms with Crippen molar-refractivity contribution in [2.75, 3.05) is 7.11 Å². The van der Waals surface area contributed by atoms with Gasteiger partial charge in [-0.05, 0) is 30.5 Å². The van der Waals surface area contributed by atoms with Crippen molar-refractivity contribution in [2.24, 2.45) is 11.8 Å². The van der Waals surface area contributed by atoms with Crippen LogP contribution in [0.2, 0.25) is 0 Å². The topological polar surface area (TPSA) is 47.3 Å². The minimum absolute atomic E-state index is 0.0874. The summed E-state index contributed by atoms with van der Waals surface area (Å²) in [7, 11) is 1.58. The van der Waals surface area contributed by atoms with Gasteiger partial charge in [-0.25, -0.2) is 4.39 Å². The summed E-state index contributed by atoms with van der Waals surface area (Å²) >= 11 is 0. The van der Waals surface area contributed by atoms with Crippen LogP contribution in [0.25, 0.3) is 0 Å². The molecule has 0 spiro atoms. The van der Waals surface area contributed by atoms with E-state index in [1.165, 1.54) is 12.1 Å². The van der Waals surface area contributed by atoms with Crippen molar-refractivity contribution in [2.45, 2.75) is 32.7 Å². The quantitative estimate of drug-likeness (QED) is 0.593. The van der Waals surface area contributed by atoms with Gasteiger partial charge in [0, 0.05) is 11.6 Å². The number of ether oxygens (including phenoxy) is 1. The summed E-state index contributed by atoms with van der Waals surface area (Å²) in [5.41, 5.74) is 3.51. The van der Waals surface area contributed by atoms with E-state index < -0.39 is 0 Å². The molecule has 0 aromatic heterocycles. The Bertz CT molecular complexity index is 357. The highest BCUT2D eigenvalue weighted by Crippen LogP contribution is 2.30. The van der Waals surface area contributed by atoms with Crippen LogP contribution < -0.4 is 16.0 Å². The molecule has 3 N–H and O–H groups in total. The molecule has 3 nitrogen and oxygen atoms in total. The second-order valence-electron chi connectivity index (χ2n) is 4.35. The summed E-state index contributed by atoms with van der Waals surface area (Å²) in [4.78, 5) is 0. The van der Waals surface area contributed by atoms with Gasteiger partial charge in [-0.1, -0.05) is 20.3 Å². The molecule has 0 radical (unpaired) electrons. The molecule has 0 amide bonds. The Kier molecular flexibility index (Phi) is 5.38. The van der Waals surface area contributed by atoms with Crippen LogP contribution in [-0.4, -0.2) is 7.11 Å². The van der Waals surface area contributed by atoms with Crippen LogP contribution in [0.15, 0.2) is 18.2 Å². The molecular weight excluding hydrogens is 219 g/mol. The molecule has 0 saturated carbocycles. The first-order valence-corrected chi connectivity index (χ1v) is 5.91. The maximum atomic E-state index is 13.3. The zero-order chi connectivity index (χ0) is 12.8. The average molecular weight is 240 g/mol. The second-order valence-corrected chi connectivity index (χ2v) is 4.35. The maximum Gasteiger partial charge on any atom is 0.123 e. The molecule has 0 aliphatic carbocycles. The van der Waals surface area contributed by atoms with E-state index in [-0.39, 0.29) is 11.9 Å². The lowest BCUT2D eigenvalue weighted by Gasteiger charge is -2.21. The van der Waals surface area contributed by atoms with E-state index >= 15 is 0 Å². The van der Waals surface area contributed by atoms with Crippen LogP contribution in [-0.2, 0) is 0 Å². The van der Waals surface area contributed by atoms with Crippen molar-refractivity contribution in [1.82, 2.24) is 5.43 Å². The van der Waals surface area contributed by atoms with Crippen LogP contribution in [0.5, 0.6) is 5.75 Å². The highest BCUT2D eigenvalue weighted by Gasteiger charge is 2.17. The maximum absolute atomic E-state index is 13.3. The third-order valence-electron chi connectivity index (χ3n) is 3.10. The van der Waals surface area contributed by atoms with Crippen LogP contribution in [0, 0.1) is 11.7 Å². The molecule has 0 aliphatic heterocycles. The Labute approximate surface area is 102 Å². The predicted octanol–water partition coefficient (Wildman–Crippen LogP) is 2.77. The predicted molar refractivity (Wildman–Crippen MR) is 67.1 cm³/mol. The van der Waals surface area contributed by atoms with Crippen molar-refractivity contribution in [1.29, 1.82) is 0 Å². The average Bonchev–Trinajstić information content (AvgIpc) is 2.35. The molecular formula is C13H21FN2O. The first-order chi connectivity index (χ1) is 8.12. The Morgan fingerprint density at radius 1 is 1.47 bits per heavy atom. The standard InChI is InChI=1S/C13H21FN2O/c1-4-9(2)7-12(16-15)11-8-10(14)5-6-13(11)17-3/h5-6,8-9,12,16H,4,7,15H2,1-3H3. The fraction of sp³-hybridized carbons (Fsp3) is 0.538. The van der Waals surface area contributed by atoms with Crippen LogP contribution in [0.3, 0.4) is 0 Å². The van der Waals surface area contributed by atoms with Gasteiger partial charge in [0.2, 0.25) is 0 Å². The summed E-state index contributed by atoms with van der Waals surface area (Å²) in [6, 6.07) is 4.41. The van der Waals surface area contributed by atoms with E-state index in [9.17, 15) is 4.39 Å². The van der Waals surface area contributed by atoms with Crippen LogP contribution >= 0.6 is 0 Å². The number of hydrogen-bond donors (Lipinski definition) is 2. The largest absolute Gasteiger partial charge is 0.496 e. The Hall–Kier alpha value is -1.13. The van der Waals surface area contributed by atoms with Crippen LogP contribution in [0.1, 0.15) is 38.3 Å². The normalized spacial score (nSPS) is 14.4. The first kappa shape index (κ1) is 13.9. The minimum Gasteiger partial charge on any atom is -0.496 e. The lowest BCUT2D eigenvalue weighted by molar-refractivity contribution is 0.371. The number of benzene rings is 1. The molecule has 0 heterocycles. The number of halogens is 1. The lowest BCUT2D eigenvalue weighted by Crippen LogP contribution is -2.29. The van der Waals surface area contributed by atoms with Gasteiger partial charge in [-0.15, -0.1) is 0 Å². The number of nitrogens with one attached hydrogen (secondary N) is 1. The molecule has 1 rings (SSSR count). The minimum atomic E-state index is -0.273. The van der Waals surface area contributed by atoms with E-state index in [2.05, 4.69) is 19.3 Å². The van der Waals surface area contributed by atoms with Crippen molar-refractivity contribution in [3.63, 3.8) is 0 Å². The first-order valence-electron chi connectivity index (χ1n) is 5.91. The van der Waals surface area contributed by atoms with Gasteiger partial charge in [-0.3, -0.25) is 11.3 Å². The van der Waals surface area contributed by atoms with Crippen molar-refractivity contribution in [3.05, 3.63) is 29.6 Å². The number of nitrogens with two attached hydrogens (primary N) is 1. The molecule has 1 aromatic carbocycles. The van der Waals surface area contributed by atoms with Crippen molar-refractivity contribution < 1.29 is 9.13 Å². The van der Waals surface area contributed by atoms with E-state index in [1.54, 1.807) is 13.2 Å². The van der Waals surface area contributed by atoms with E-state index in [0.29, 0.717) is 11.7 Å². The summed E-state index contributed by atoms with van der Waals surface area (Å²) in [5.74, 6) is 6.46. The Morgan fingerprint density at radius 2 is 2.18 bits per heavy atom. The molecule has 96 valence electrons. The molecule has 4 heteroatoms. The lowest BCUT2D eigenvalue weighted by atomic mass is 9.94. The monoisotopic (exact) mass is 240 g/mol. The Morgan fingerprint density at radius 3 is 2.71 bits per heavy atom. The summed E-state index contributed by atoms with van der Waals surface area (Å²) in [5, 5.41) is 0. The van der Waals surface area contributed by atoms with Gasteiger partial charge in [0.25, 0.3) is 0 Å². The molecule has 0 aliphatic rings. The molecule has 17 heavy (non-hydrogen) atoms. The van der Waals surface area contributed by atoms with E-state index in [1.807, 2.05) is 0 Å². The van der Waals surface area contributed by atoms with Gasteiger partial charge < -0.3 is 4.74 Å². The van der Waals surface area contributed by atoms with Gasteiger partial charge in [0.15, 0.2) is 0 Å². The number of rotatable bonds is 6. The highest BCUT2D eigenvalue weighted by molar-refractivity contribution is 5.36. The zero-order valence-electron chi connectivity index (χ0n) is 10.7. The third kappa shape index (κ3) is 3.68. The van der Waals surface area contributed by atoms with E-state index in [4.69, 9.17) is 10.6 Å². The molecule has 2 unspecified atom stereocenters. The van der Waals surface area contributed by atoms with Crippen molar-refractivity contribution >= 4 is 0 Å². The summed E-state index contributed by atoms with van der Waals surface area (Å²) in [6.45, 7) is 4.27. The van der Waals surface area contributed by atoms with Crippen LogP contribution in [0.4, 0.5) is 4.39 Å². The highest BCUT2D eigenvalue weighted by atomic mass is 19.1. The van der Waals surface area contributed by atoms with Gasteiger partial charge in [0.05, 0.1) is 7.11 Å². The van der Waals surface area contributed by atoms with Gasteiger partial charge in [-0.2, -0.15) is 0 Å². The van der Waals surface area contributed by atoms with Gasteiger partial charge in [0.1, 0.15) is 11.6 Å². The summed E-state index contributed by atoms with van der Waals surface area (Å²) in [6.07, 6.45) is 1.92. The smallest absolute Gasteiger partial charge is 0.123 e. The second kappa shape index (κ2) is 6.57. The molecule has 0 saturated heterocycles. The molecule has 0 bridgehead atoms. The zero-order valence-corrected chi connectivity index (χ0v) is 10.7. The Balaban J connectivity index is 2.97. The fourth-order valence-corrected chi connectivity index (χ4v) is 1.83.